The van der Waals surface area contributed by atoms with Crippen LogP contribution < -0.4 is 4.74 Å². The van der Waals surface area contributed by atoms with Crippen LogP contribution in [-0.2, 0) is 11.2 Å². The van der Waals surface area contributed by atoms with E-state index in [1.165, 1.54) is 6.07 Å². The first-order valence-electron chi connectivity index (χ1n) is 10.4. The van der Waals surface area contributed by atoms with E-state index in [2.05, 4.69) is 10.1 Å². The van der Waals surface area contributed by atoms with Gasteiger partial charge in [-0.2, -0.15) is 0 Å². The Labute approximate surface area is 179 Å². The third-order valence-corrected chi connectivity index (χ3v) is 5.96. The molecule has 1 saturated heterocycles. The fourth-order valence-electron chi connectivity index (χ4n) is 4.15. The maximum absolute atomic E-state index is 13.6. The predicted molar refractivity (Wildman–Crippen MR) is 111 cm³/mol. The summed E-state index contributed by atoms with van der Waals surface area (Å²) in [5.41, 5.74) is 2.16. The third-order valence-electron chi connectivity index (χ3n) is 5.96. The number of nitrogens with zero attached hydrogens (tertiary/aromatic N) is 3. The van der Waals surface area contributed by atoms with E-state index in [0.29, 0.717) is 55.5 Å². The molecule has 0 aliphatic carbocycles. The van der Waals surface area contributed by atoms with Crippen molar-refractivity contribution in [1.82, 2.24) is 15.0 Å². The standard InChI is InChI=1S/C23H25F2N3O3/c1-14-21-18(22(24)25)13-19(26-23(21)31-27-14)16-9-11-28(12-10-16)20(29)8-5-15-3-6-17(30-2)7-4-15/h3-4,6-7,13,16,22H,5,8-12H2,1-2H3. The Morgan fingerprint density at radius 2 is 1.97 bits per heavy atom. The highest BCUT2D eigenvalue weighted by atomic mass is 19.3. The van der Waals surface area contributed by atoms with E-state index in [1.807, 2.05) is 29.2 Å². The first-order valence-corrected chi connectivity index (χ1v) is 10.4. The summed E-state index contributed by atoms with van der Waals surface area (Å²) in [5, 5.41) is 4.08. The number of aromatic nitrogens is 2. The summed E-state index contributed by atoms with van der Waals surface area (Å²) in [4.78, 5) is 18.9. The lowest BCUT2D eigenvalue weighted by molar-refractivity contribution is -0.132. The van der Waals surface area contributed by atoms with Crippen LogP contribution >= 0.6 is 0 Å². The number of alkyl halides is 2. The number of halogens is 2. The summed E-state index contributed by atoms with van der Waals surface area (Å²) >= 11 is 0. The maximum atomic E-state index is 13.6. The molecular formula is C23H25F2N3O3. The van der Waals surface area contributed by atoms with Gasteiger partial charge in [0.15, 0.2) is 0 Å². The SMILES string of the molecule is COc1ccc(CCC(=O)N2CCC(c3cc(C(F)F)c4c(C)noc4n3)CC2)cc1. The number of hydrogen-bond acceptors (Lipinski definition) is 5. The van der Waals surface area contributed by atoms with Gasteiger partial charge in [0, 0.05) is 36.7 Å². The molecule has 3 heterocycles. The number of ether oxygens (including phenoxy) is 1. The minimum Gasteiger partial charge on any atom is -0.497 e. The monoisotopic (exact) mass is 429 g/mol. The van der Waals surface area contributed by atoms with Crippen molar-refractivity contribution in [1.29, 1.82) is 0 Å². The summed E-state index contributed by atoms with van der Waals surface area (Å²) in [6.45, 7) is 2.81. The molecule has 0 atom stereocenters. The number of benzene rings is 1. The van der Waals surface area contributed by atoms with Gasteiger partial charge >= 0.3 is 0 Å². The minimum atomic E-state index is -2.62. The smallest absolute Gasteiger partial charge is 0.264 e. The lowest BCUT2D eigenvalue weighted by Gasteiger charge is -2.32. The zero-order chi connectivity index (χ0) is 22.0. The van der Waals surface area contributed by atoms with Crippen LogP contribution in [0.3, 0.4) is 0 Å². The molecule has 0 N–H and O–H groups in total. The Hall–Kier alpha value is -3.03. The van der Waals surface area contributed by atoms with Gasteiger partial charge in [-0.15, -0.1) is 0 Å². The van der Waals surface area contributed by atoms with Crippen molar-refractivity contribution in [3.05, 3.63) is 52.8 Å². The second-order valence-corrected chi connectivity index (χ2v) is 7.89. The summed E-state index contributed by atoms with van der Waals surface area (Å²) in [6, 6.07) is 9.18. The topological polar surface area (TPSA) is 68.5 Å². The van der Waals surface area contributed by atoms with Gasteiger partial charge < -0.3 is 14.2 Å². The average Bonchev–Trinajstić information content (AvgIpc) is 3.18. The van der Waals surface area contributed by atoms with Crippen LogP contribution in [0.15, 0.2) is 34.9 Å². The average molecular weight is 429 g/mol. The van der Waals surface area contributed by atoms with Crippen molar-refractivity contribution < 1.29 is 22.8 Å². The van der Waals surface area contributed by atoms with E-state index in [0.717, 1.165) is 11.3 Å². The van der Waals surface area contributed by atoms with Crippen molar-refractivity contribution in [3.63, 3.8) is 0 Å². The summed E-state index contributed by atoms with van der Waals surface area (Å²) < 4.78 is 37.5. The van der Waals surface area contributed by atoms with Gasteiger partial charge in [-0.1, -0.05) is 17.3 Å². The molecule has 0 radical (unpaired) electrons. The number of hydrogen-bond donors (Lipinski definition) is 0. The number of aryl methyl sites for hydroxylation is 2. The minimum absolute atomic E-state index is 0.0120. The lowest BCUT2D eigenvalue weighted by Crippen LogP contribution is -2.38. The molecule has 1 aromatic carbocycles. The largest absolute Gasteiger partial charge is 0.497 e. The van der Waals surface area contributed by atoms with Crippen LogP contribution in [0.5, 0.6) is 5.75 Å². The van der Waals surface area contributed by atoms with E-state index < -0.39 is 6.43 Å². The number of piperidine rings is 1. The number of methoxy groups -OCH3 is 1. The Kier molecular flexibility index (Phi) is 6.15. The molecule has 1 aliphatic rings. The molecule has 1 amide bonds. The van der Waals surface area contributed by atoms with Crippen LogP contribution in [0.4, 0.5) is 8.78 Å². The van der Waals surface area contributed by atoms with Crippen LogP contribution in [0.25, 0.3) is 11.1 Å². The highest BCUT2D eigenvalue weighted by molar-refractivity contribution is 5.80. The van der Waals surface area contributed by atoms with E-state index in [-0.39, 0.29) is 23.1 Å². The molecule has 1 fully saturated rings. The molecule has 8 heteroatoms. The van der Waals surface area contributed by atoms with Crippen molar-refractivity contribution in [3.8, 4) is 5.75 Å². The van der Waals surface area contributed by atoms with Crippen LogP contribution in [0.2, 0.25) is 0 Å². The Balaban J connectivity index is 1.37. The van der Waals surface area contributed by atoms with E-state index in [9.17, 15) is 13.6 Å². The van der Waals surface area contributed by atoms with Gasteiger partial charge in [0.2, 0.25) is 5.91 Å². The fraction of sp³-hybridized carbons (Fsp3) is 0.435. The van der Waals surface area contributed by atoms with Crippen LogP contribution in [0.1, 0.15) is 54.1 Å². The summed E-state index contributed by atoms with van der Waals surface area (Å²) in [6.07, 6.45) is -0.148. The van der Waals surface area contributed by atoms with E-state index in [1.54, 1.807) is 14.0 Å². The van der Waals surface area contributed by atoms with Gasteiger partial charge in [-0.25, -0.2) is 13.8 Å². The quantitative estimate of drug-likeness (QED) is 0.562. The normalized spacial score (nSPS) is 15.1. The van der Waals surface area contributed by atoms with Crippen LogP contribution in [-0.4, -0.2) is 41.1 Å². The lowest BCUT2D eigenvalue weighted by atomic mass is 9.91. The number of rotatable bonds is 6. The highest BCUT2D eigenvalue weighted by Gasteiger charge is 2.27. The van der Waals surface area contributed by atoms with Gasteiger partial charge in [0.25, 0.3) is 12.1 Å². The summed E-state index contributed by atoms with van der Waals surface area (Å²) in [7, 11) is 1.62. The Bertz CT molecular complexity index is 1060. The number of pyridine rings is 1. The molecule has 0 saturated carbocycles. The number of carbonyl (C=O) groups is 1. The molecule has 0 spiro atoms. The van der Waals surface area contributed by atoms with Crippen molar-refractivity contribution in [2.75, 3.05) is 20.2 Å². The predicted octanol–water partition coefficient (Wildman–Crippen LogP) is 4.82. The molecule has 0 bridgehead atoms. The van der Waals surface area contributed by atoms with E-state index >= 15 is 0 Å². The third kappa shape index (κ3) is 4.52. The molecule has 1 aliphatic heterocycles. The number of likely N-dealkylation sites (tertiary alicyclic amines) is 1. The fourth-order valence-corrected chi connectivity index (χ4v) is 4.15. The molecule has 31 heavy (non-hydrogen) atoms. The van der Waals surface area contributed by atoms with Gasteiger partial charge in [0.1, 0.15) is 5.75 Å². The molecule has 0 unspecified atom stereocenters. The molecular weight excluding hydrogens is 404 g/mol. The molecule has 3 aromatic rings. The van der Waals surface area contributed by atoms with Crippen LogP contribution in [0, 0.1) is 6.92 Å². The zero-order valence-corrected chi connectivity index (χ0v) is 17.6. The van der Waals surface area contributed by atoms with E-state index in [4.69, 9.17) is 9.26 Å². The number of carbonyl (C=O) groups excluding carboxylic acids is 1. The van der Waals surface area contributed by atoms with Gasteiger partial charge in [0.05, 0.1) is 18.2 Å². The Morgan fingerprint density at radius 3 is 2.61 bits per heavy atom. The molecule has 164 valence electrons. The van der Waals surface area contributed by atoms with Crippen molar-refractivity contribution in [2.24, 2.45) is 0 Å². The number of amides is 1. The highest BCUT2D eigenvalue weighted by Crippen LogP contribution is 2.34. The molecule has 6 nitrogen and oxygen atoms in total. The number of fused-ring (bicyclic) bond motifs is 1. The van der Waals surface area contributed by atoms with Crippen molar-refractivity contribution >= 4 is 17.0 Å². The first-order chi connectivity index (χ1) is 15.0. The first kappa shape index (κ1) is 21.2. The summed E-state index contributed by atoms with van der Waals surface area (Å²) in [5.74, 6) is 0.911. The van der Waals surface area contributed by atoms with Gasteiger partial charge in [-0.3, -0.25) is 4.79 Å². The molecule has 2 aromatic heterocycles. The van der Waals surface area contributed by atoms with Crippen molar-refractivity contribution in [2.45, 2.75) is 45.0 Å². The molecule has 4 rings (SSSR count). The second kappa shape index (κ2) is 8.99. The second-order valence-electron chi connectivity index (χ2n) is 7.89. The maximum Gasteiger partial charge on any atom is 0.264 e. The van der Waals surface area contributed by atoms with Gasteiger partial charge in [-0.05, 0) is 49.9 Å². The zero-order valence-electron chi connectivity index (χ0n) is 17.6. The Morgan fingerprint density at radius 1 is 1.26 bits per heavy atom.